The summed E-state index contributed by atoms with van der Waals surface area (Å²) in [5, 5.41) is 0. The van der Waals surface area contributed by atoms with Gasteiger partial charge >= 0.3 is 6.03 Å². The van der Waals surface area contributed by atoms with Gasteiger partial charge in [0.05, 0.1) is 0 Å². The van der Waals surface area contributed by atoms with Gasteiger partial charge in [0.2, 0.25) is 0 Å². The van der Waals surface area contributed by atoms with Crippen LogP contribution in [0.3, 0.4) is 0 Å². The van der Waals surface area contributed by atoms with Gasteiger partial charge in [0, 0.05) is 32.2 Å². The van der Waals surface area contributed by atoms with Gasteiger partial charge in [-0.2, -0.15) is 0 Å². The Labute approximate surface area is 112 Å². The Bertz CT molecular complexity index is 260. The first-order chi connectivity index (χ1) is 8.45. The van der Waals surface area contributed by atoms with E-state index in [1.54, 1.807) is 0 Å². The van der Waals surface area contributed by atoms with E-state index < -0.39 is 0 Å². The summed E-state index contributed by atoms with van der Waals surface area (Å²) in [4.78, 5) is 18.6. The third-order valence-electron chi connectivity index (χ3n) is 3.80. The van der Waals surface area contributed by atoms with Crippen molar-refractivity contribution in [2.24, 2.45) is 5.92 Å². The maximum Gasteiger partial charge on any atom is 0.320 e. The van der Waals surface area contributed by atoms with Crippen molar-refractivity contribution >= 4 is 6.03 Å². The predicted molar refractivity (Wildman–Crippen MR) is 75.8 cm³/mol. The van der Waals surface area contributed by atoms with Crippen molar-refractivity contribution in [3.8, 4) is 0 Å². The highest BCUT2D eigenvalue weighted by atomic mass is 16.2. The van der Waals surface area contributed by atoms with E-state index in [0.717, 1.165) is 44.9 Å². The molecule has 1 aliphatic rings. The quantitative estimate of drug-likeness (QED) is 0.769. The average Bonchev–Trinajstić information content (AvgIpc) is 2.29. The average molecular weight is 255 g/mol. The minimum atomic E-state index is 0.221. The summed E-state index contributed by atoms with van der Waals surface area (Å²) in [5.41, 5.74) is 0. The van der Waals surface area contributed by atoms with Crippen molar-refractivity contribution in [3.63, 3.8) is 0 Å². The lowest BCUT2D eigenvalue weighted by Gasteiger charge is -2.37. The van der Waals surface area contributed by atoms with Crippen molar-refractivity contribution in [1.29, 1.82) is 0 Å². The molecule has 0 N–H and O–H groups in total. The molecule has 1 heterocycles. The number of nitrogens with zero attached hydrogens (tertiary/aromatic N) is 3. The van der Waals surface area contributed by atoms with Gasteiger partial charge in [-0.25, -0.2) is 4.79 Å². The minimum Gasteiger partial charge on any atom is -0.325 e. The van der Waals surface area contributed by atoms with Crippen molar-refractivity contribution in [1.82, 2.24) is 14.7 Å². The summed E-state index contributed by atoms with van der Waals surface area (Å²) in [6.07, 6.45) is 2.29. The molecule has 1 fully saturated rings. The number of carbonyl (C=O) groups excluding carboxylic acids is 1. The predicted octanol–water partition coefficient (Wildman–Crippen LogP) is 2.11. The molecule has 0 aromatic rings. The van der Waals surface area contributed by atoms with Crippen LogP contribution >= 0.6 is 0 Å². The molecule has 0 spiro atoms. The first kappa shape index (κ1) is 15.3. The van der Waals surface area contributed by atoms with Crippen LogP contribution in [0.25, 0.3) is 0 Å². The second-order valence-corrected chi connectivity index (χ2v) is 5.85. The summed E-state index contributed by atoms with van der Waals surface area (Å²) < 4.78 is 0. The van der Waals surface area contributed by atoms with Crippen molar-refractivity contribution in [2.45, 2.75) is 39.7 Å². The molecule has 106 valence electrons. The lowest BCUT2D eigenvalue weighted by molar-refractivity contribution is 0.116. The van der Waals surface area contributed by atoms with Gasteiger partial charge in [0.25, 0.3) is 0 Å². The Morgan fingerprint density at radius 3 is 2.33 bits per heavy atom. The van der Waals surface area contributed by atoms with Crippen LogP contribution in [-0.2, 0) is 0 Å². The van der Waals surface area contributed by atoms with Crippen LogP contribution in [0.5, 0.6) is 0 Å². The molecule has 1 atom stereocenters. The second-order valence-electron chi connectivity index (χ2n) is 5.85. The highest BCUT2D eigenvalue weighted by Gasteiger charge is 2.26. The smallest absolute Gasteiger partial charge is 0.320 e. The molecule has 0 aromatic carbocycles. The van der Waals surface area contributed by atoms with Gasteiger partial charge in [-0.3, -0.25) is 0 Å². The lowest BCUT2D eigenvalue weighted by atomic mass is 9.99. The third-order valence-corrected chi connectivity index (χ3v) is 3.80. The van der Waals surface area contributed by atoms with E-state index in [4.69, 9.17) is 0 Å². The molecule has 1 aliphatic heterocycles. The van der Waals surface area contributed by atoms with E-state index in [9.17, 15) is 4.79 Å². The van der Waals surface area contributed by atoms with Gasteiger partial charge in [-0.1, -0.05) is 6.92 Å². The molecule has 4 heteroatoms. The van der Waals surface area contributed by atoms with Crippen LogP contribution in [0.15, 0.2) is 0 Å². The molecule has 18 heavy (non-hydrogen) atoms. The molecular formula is C14H29N3O. The number of piperidine rings is 1. The number of likely N-dealkylation sites (N-methyl/N-ethyl adjacent to an activating group) is 2. The van der Waals surface area contributed by atoms with Crippen LogP contribution in [0.1, 0.15) is 33.6 Å². The van der Waals surface area contributed by atoms with Gasteiger partial charge in [-0.15, -0.1) is 0 Å². The first-order valence-electron chi connectivity index (χ1n) is 7.16. The Balaban J connectivity index is 2.56. The zero-order valence-electron chi connectivity index (χ0n) is 12.6. The molecule has 1 unspecified atom stereocenters. The Hall–Kier alpha value is -0.770. The zero-order valence-corrected chi connectivity index (χ0v) is 12.6. The molecule has 1 saturated heterocycles. The number of rotatable bonds is 4. The molecule has 0 aromatic heterocycles. The Kier molecular flexibility index (Phi) is 5.93. The summed E-state index contributed by atoms with van der Waals surface area (Å²) in [6.45, 7) is 10.0. The monoisotopic (exact) mass is 255 g/mol. The van der Waals surface area contributed by atoms with Gasteiger partial charge in [-0.05, 0) is 46.7 Å². The van der Waals surface area contributed by atoms with Crippen LogP contribution in [-0.4, -0.2) is 67.0 Å². The van der Waals surface area contributed by atoms with Gasteiger partial charge in [0.15, 0.2) is 0 Å². The van der Waals surface area contributed by atoms with E-state index in [1.807, 2.05) is 9.80 Å². The number of amides is 2. The lowest BCUT2D eigenvalue weighted by Crippen LogP contribution is -2.51. The second kappa shape index (κ2) is 6.98. The SMILES string of the molecule is CCN(C(=O)N1CCC(C)CC1)C(C)CN(C)C. The highest BCUT2D eigenvalue weighted by molar-refractivity contribution is 5.74. The van der Waals surface area contributed by atoms with Crippen LogP contribution < -0.4 is 0 Å². The molecule has 0 radical (unpaired) electrons. The van der Waals surface area contributed by atoms with E-state index in [-0.39, 0.29) is 12.1 Å². The summed E-state index contributed by atoms with van der Waals surface area (Å²) in [6, 6.07) is 0.496. The van der Waals surface area contributed by atoms with E-state index >= 15 is 0 Å². The summed E-state index contributed by atoms with van der Waals surface area (Å²) in [7, 11) is 4.11. The molecule has 4 nitrogen and oxygen atoms in total. The standard InChI is InChI=1S/C14H29N3O/c1-6-17(13(3)11-15(4)5)14(18)16-9-7-12(2)8-10-16/h12-13H,6-11H2,1-5H3. The molecule has 1 rings (SSSR count). The minimum absolute atomic E-state index is 0.221. The summed E-state index contributed by atoms with van der Waals surface area (Å²) in [5.74, 6) is 0.767. The number of carbonyl (C=O) groups is 1. The normalized spacial score (nSPS) is 19.1. The van der Waals surface area contributed by atoms with Crippen LogP contribution in [0.4, 0.5) is 4.79 Å². The number of hydrogen-bond donors (Lipinski definition) is 0. The topological polar surface area (TPSA) is 26.8 Å². The van der Waals surface area contributed by atoms with Gasteiger partial charge in [0.1, 0.15) is 0 Å². The molecule has 0 aliphatic carbocycles. The van der Waals surface area contributed by atoms with E-state index in [0.29, 0.717) is 0 Å². The molecular weight excluding hydrogens is 226 g/mol. The number of likely N-dealkylation sites (tertiary alicyclic amines) is 1. The van der Waals surface area contributed by atoms with Crippen molar-refractivity contribution in [2.75, 3.05) is 40.3 Å². The maximum absolute atomic E-state index is 12.5. The Morgan fingerprint density at radius 2 is 1.89 bits per heavy atom. The van der Waals surface area contributed by atoms with Crippen LogP contribution in [0.2, 0.25) is 0 Å². The zero-order chi connectivity index (χ0) is 13.7. The number of hydrogen-bond acceptors (Lipinski definition) is 2. The highest BCUT2D eigenvalue weighted by Crippen LogP contribution is 2.18. The molecule has 2 amide bonds. The van der Waals surface area contributed by atoms with Crippen LogP contribution in [0, 0.1) is 5.92 Å². The molecule has 0 saturated carbocycles. The fourth-order valence-electron chi connectivity index (χ4n) is 2.64. The third kappa shape index (κ3) is 4.16. The van der Waals surface area contributed by atoms with Gasteiger partial charge < -0.3 is 14.7 Å². The maximum atomic E-state index is 12.5. The van der Waals surface area contributed by atoms with E-state index in [2.05, 4.69) is 39.8 Å². The van der Waals surface area contributed by atoms with Crippen molar-refractivity contribution in [3.05, 3.63) is 0 Å². The fraction of sp³-hybridized carbons (Fsp3) is 0.929. The largest absolute Gasteiger partial charge is 0.325 e. The summed E-state index contributed by atoms with van der Waals surface area (Å²) >= 11 is 0. The molecule has 0 bridgehead atoms. The Morgan fingerprint density at radius 1 is 1.33 bits per heavy atom. The fourth-order valence-corrected chi connectivity index (χ4v) is 2.64. The van der Waals surface area contributed by atoms with E-state index in [1.165, 1.54) is 0 Å². The first-order valence-corrected chi connectivity index (χ1v) is 7.16. The van der Waals surface area contributed by atoms with Crippen molar-refractivity contribution < 1.29 is 4.79 Å². The number of urea groups is 1.